The molecule has 1 aliphatic heterocycles. The minimum atomic E-state index is -0.190. The molecule has 5 nitrogen and oxygen atoms in total. The van der Waals surface area contributed by atoms with E-state index in [2.05, 4.69) is 61.5 Å². The first-order valence-corrected chi connectivity index (χ1v) is 16.3. The van der Waals surface area contributed by atoms with E-state index in [0.717, 1.165) is 81.9 Å². The van der Waals surface area contributed by atoms with Crippen molar-refractivity contribution in [3.8, 4) is 0 Å². The molecule has 45 heavy (non-hydrogen) atoms. The van der Waals surface area contributed by atoms with Gasteiger partial charge in [-0.1, -0.05) is 70.7 Å². The third-order valence-electron chi connectivity index (χ3n) is 8.39. The molecule has 3 heterocycles. The molecule has 1 unspecified atom stereocenters. The summed E-state index contributed by atoms with van der Waals surface area (Å²) in [6.45, 7) is 4.49. The van der Waals surface area contributed by atoms with Crippen molar-refractivity contribution in [3.63, 3.8) is 0 Å². The summed E-state index contributed by atoms with van der Waals surface area (Å²) in [4.78, 5) is 13.9. The van der Waals surface area contributed by atoms with E-state index in [1.54, 1.807) is 6.20 Å². The van der Waals surface area contributed by atoms with Crippen LogP contribution in [-0.2, 0) is 6.54 Å². The zero-order valence-electron chi connectivity index (χ0n) is 24.2. The molecule has 9 heteroatoms. The molecule has 0 aliphatic carbocycles. The van der Waals surface area contributed by atoms with Gasteiger partial charge in [0.2, 0.25) is 0 Å². The Bertz CT molecular complexity index is 2010. The van der Waals surface area contributed by atoms with Crippen LogP contribution in [0.4, 0.5) is 11.4 Å². The van der Waals surface area contributed by atoms with Gasteiger partial charge in [-0.15, -0.1) is 0 Å². The highest BCUT2D eigenvalue weighted by molar-refractivity contribution is 6.32. The summed E-state index contributed by atoms with van der Waals surface area (Å²) in [7, 11) is 0. The lowest BCUT2D eigenvalue weighted by Crippen LogP contribution is -2.46. The predicted molar refractivity (Wildman–Crippen MR) is 189 cm³/mol. The summed E-state index contributed by atoms with van der Waals surface area (Å²) in [6.07, 6.45) is 3.65. The third-order valence-corrected chi connectivity index (χ3v) is 9.44. The fourth-order valence-corrected chi connectivity index (χ4v) is 6.87. The average Bonchev–Trinajstić information content (AvgIpc) is 3.04. The van der Waals surface area contributed by atoms with Crippen molar-refractivity contribution in [1.82, 2.24) is 14.9 Å². The van der Waals surface area contributed by atoms with E-state index in [-0.39, 0.29) is 6.04 Å². The molecular formula is C36H29Cl4N5. The Labute approximate surface area is 282 Å². The van der Waals surface area contributed by atoms with Crippen molar-refractivity contribution in [3.05, 3.63) is 140 Å². The lowest BCUT2D eigenvalue weighted by Gasteiger charge is -2.36. The van der Waals surface area contributed by atoms with Crippen LogP contribution in [0.15, 0.2) is 103 Å². The van der Waals surface area contributed by atoms with E-state index in [0.29, 0.717) is 15.1 Å². The number of nitrogens with one attached hydrogen (secondary N) is 1. The van der Waals surface area contributed by atoms with Gasteiger partial charge in [0, 0.05) is 87.4 Å². The van der Waals surface area contributed by atoms with Crippen molar-refractivity contribution in [2.45, 2.75) is 12.6 Å². The Morgan fingerprint density at radius 1 is 0.644 bits per heavy atom. The summed E-state index contributed by atoms with van der Waals surface area (Å²) in [5, 5.41) is 8.62. The summed E-state index contributed by atoms with van der Waals surface area (Å²) in [6, 6.07) is 29.8. The maximum absolute atomic E-state index is 7.00. The molecule has 0 bridgehead atoms. The van der Waals surface area contributed by atoms with E-state index < -0.39 is 0 Å². The summed E-state index contributed by atoms with van der Waals surface area (Å²) in [5.41, 5.74) is 7.07. The summed E-state index contributed by atoms with van der Waals surface area (Å²) in [5.74, 6) is 0. The monoisotopic (exact) mass is 671 g/mol. The van der Waals surface area contributed by atoms with Crippen molar-refractivity contribution in [2.75, 3.05) is 36.4 Å². The Balaban J connectivity index is 1.10. The lowest BCUT2D eigenvalue weighted by atomic mass is 9.96. The maximum atomic E-state index is 7.00. The second-order valence-electron chi connectivity index (χ2n) is 11.3. The minimum Gasteiger partial charge on any atom is -0.374 e. The van der Waals surface area contributed by atoms with E-state index in [1.165, 1.54) is 5.69 Å². The Morgan fingerprint density at radius 3 is 2.04 bits per heavy atom. The van der Waals surface area contributed by atoms with Crippen LogP contribution >= 0.6 is 46.4 Å². The highest BCUT2D eigenvalue weighted by Gasteiger charge is 2.22. The van der Waals surface area contributed by atoms with Crippen molar-refractivity contribution < 1.29 is 0 Å². The van der Waals surface area contributed by atoms with Gasteiger partial charge >= 0.3 is 0 Å². The lowest BCUT2D eigenvalue weighted by molar-refractivity contribution is 0.250. The number of aromatic nitrogens is 2. The van der Waals surface area contributed by atoms with Gasteiger partial charge in [0.1, 0.15) is 0 Å². The van der Waals surface area contributed by atoms with Crippen molar-refractivity contribution in [2.24, 2.45) is 0 Å². The fourth-order valence-electron chi connectivity index (χ4n) is 6.09. The molecular weight excluding hydrogens is 644 g/mol. The highest BCUT2D eigenvalue weighted by atomic mass is 35.5. The van der Waals surface area contributed by atoms with Crippen LogP contribution in [0.5, 0.6) is 0 Å². The van der Waals surface area contributed by atoms with E-state index in [1.807, 2.05) is 60.8 Å². The molecule has 1 aliphatic rings. The van der Waals surface area contributed by atoms with Crippen LogP contribution in [-0.4, -0.2) is 41.0 Å². The quantitative estimate of drug-likeness (QED) is 0.183. The first-order valence-electron chi connectivity index (χ1n) is 14.8. The van der Waals surface area contributed by atoms with Gasteiger partial charge in [0.15, 0.2) is 0 Å². The number of fused-ring (bicyclic) bond motifs is 2. The van der Waals surface area contributed by atoms with Crippen molar-refractivity contribution in [1.29, 1.82) is 0 Å². The van der Waals surface area contributed by atoms with Crippen LogP contribution in [0, 0.1) is 0 Å². The standard InChI is InChI=1S/C36H29Cl4N5/c37-26-3-1-2-23(18-26)36(43-32-10-12-41-33-20-27(38)6-8-29(32)33)24-4-5-25(31(40)19-24)22-44-14-16-45(17-15-44)35-11-13-42-34-21-28(39)7-9-30(34)35/h1-13,18-21,36H,14-17,22H2,(H,41,43). The molecule has 7 rings (SSSR count). The number of anilines is 2. The minimum absolute atomic E-state index is 0.190. The van der Waals surface area contributed by atoms with Crippen molar-refractivity contribution >= 4 is 79.6 Å². The van der Waals surface area contributed by atoms with Crippen LogP contribution in [0.1, 0.15) is 22.7 Å². The SMILES string of the molecule is Clc1cccc(C(Nc2ccnc3cc(Cl)ccc23)c2ccc(CN3CCN(c4ccnc5cc(Cl)ccc45)CC3)c(Cl)c2)c1. The van der Waals surface area contributed by atoms with Gasteiger partial charge < -0.3 is 10.2 Å². The second kappa shape index (κ2) is 13.0. The number of nitrogens with zero attached hydrogens (tertiary/aromatic N) is 4. The van der Waals surface area contributed by atoms with Crippen LogP contribution < -0.4 is 10.2 Å². The van der Waals surface area contributed by atoms with Gasteiger partial charge in [0.05, 0.1) is 17.1 Å². The van der Waals surface area contributed by atoms with Gasteiger partial charge in [-0.3, -0.25) is 14.9 Å². The molecule has 1 fully saturated rings. The molecule has 1 atom stereocenters. The van der Waals surface area contributed by atoms with E-state index in [9.17, 15) is 0 Å². The average molecular weight is 673 g/mol. The Hall–Kier alpha value is -3.58. The van der Waals surface area contributed by atoms with Gasteiger partial charge in [-0.05, 0) is 83.4 Å². The molecule has 0 spiro atoms. The van der Waals surface area contributed by atoms with Crippen LogP contribution in [0.3, 0.4) is 0 Å². The Morgan fingerprint density at radius 2 is 1.31 bits per heavy atom. The molecule has 0 saturated carbocycles. The Kier molecular flexibility index (Phi) is 8.72. The molecule has 1 N–H and O–H groups in total. The number of benzene rings is 4. The molecule has 2 aromatic heterocycles. The van der Waals surface area contributed by atoms with E-state index in [4.69, 9.17) is 46.4 Å². The summed E-state index contributed by atoms with van der Waals surface area (Å²) >= 11 is 25.9. The van der Waals surface area contributed by atoms with Crippen LogP contribution in [0.2, 0.25) is 20.1 Å². The normalized spacial score (nSPS) is 14.6. The van der Waals surface area contributed by atoms with E-state index >= 15 is 0 Å². The first kappa shape index (κ1) is 30.1. The number of piperazine rings is 1. The predicted octanol–water partition coefficient (Wildman–Crippen LogP) is 9.92. The number of rotatable bonds is 7. The number of halogens is 4. The number of hydrogen-bond acceptors (Lipinski definition) is 5. The molecule has 0 radical (unpaired) electrons. The molecule has 0 amide bonds. The fraction of sp³-hybridized carbons (Fsp3) is 0.167. The van der Waals surface area contributed by atoms with Crippen LogP contribution in [0.25, 0.3) is 21.8 Å². The third kappa shape index (κ3) is 6.55. The maximum Gasteiger partial charge on any atom is 0.0768 e. The molecule has 226 valence electrons. The summed E-state index contributed by atoms with van der Waals surface area (Å²) < 4.78 is 0. The molecule has 1 saturated heterocycles. The zero-order valence-corrected chi connectivity index (χ0v) is 27.3. The van der Waals surface area contributed by atoms with Gasteiger partial charge in [0.25, 0.3) is 0 Å². The number of pyridine rings is 2. The number of hydrogen-bond donors (Lipinski definition) is 1. The zero-order chi connectivity index (χ0) is 30.9. The largest absolute Gasteiger partial charge is 0.374 e. The van der Waals surface area contributed by atoms with Gasteiger partial charge in [-0.2, -0.15) is 0 Å². The molecule has 6 aromatic rings. The molecule has 4 aromatic carbocycles. The smallest absolute Gasteiger partial charge is 0.0768 e. The first-order chi connectivity index (χ1) is 21.9. The highest BCUT2D eigenvalue weighted by Crippen LogP contribution is 2.35. The second-order valence-corrected chi connectivity index (χ2v) is 13.0. The van der Waals surface area contributed by atoms with Gasteiger partial charge in [-0.25, -0.2) is 0 Å². The topological polar surface area (TPSA) is 44.3 Å².